The molecule has 0 atom stereocenters. The quantitative estimate of drug-likeness (QED) is 0.879. The van der Waals surface area contributed by atoms with Gasteiger partial charge in [-0.2, -0.15) is 5.26 Å². The highest BCUT2D eigenvalue weighted by Gasteiger charge is 2.32. The van der Waals surface area contributed by atoms with Crippen molar-refractivity contribution in [1.82, 2.24) is 20.0 Å². The van der Waals surface area contributed by atoms with Gasteiger partial charge in [0, 0.05) is 18.8 Å². The van der Waals surface area contributed by atoms with Gasteiger partial charge >= 0.3 is 5.97 Å². The number of carbonyl (C=O) groups is 1. The standard InChI is InChI=1S/C13H12N6O2/c1-8-2-3-9(4-14)12(15-8)18-5-10(6-18)19-7-11(13(20)21)16-17-19/h2-3,7,10H,5-6H2,1H3,(H,20,21). The third-order valence-electron chi connectivity index (χ3n) is 3.40. The number of anilines is 1. The molecule has 0 radical (unpaired) electrons. The molecule has 0 spiro atoms. The molecule has 0 saturated carbocycles. The van der Waals surface area contributed by atoms with Crippen molar-refractivity contribution in [3.05, 3.63) is 35.3 Å². The second-order valence-corrected chi connectivity index (χ2v) is 4.88. The zero-order valence-electron chi connectivity index (χ0n) is 11.3. The molecule has 3 rings (SSSR count). The van der Waals surface area contributed by atoms with Crippen molar-refractivity contribution >= 4 is 11.8 Å². The topological polar surface area (TPSA) is 108 Å². The molecule has 1 fully saturated rings. The van der Waals surface area contributed by atoms with Crippen LogP contribution in [0.4, 0.5) is 5.82 Å². The summed E-state index contributed by atoms with van der Waals surface area (Å²) in [5, 5.41) is 25.4. The van der Waals surface area contributed by atoms with E-state index in [1.54, 1.807) is 16.8 Å². The average Bonchev–Trinajstić information content (AvgIpc) is 2.87. The minimum absolute atomic E-state index is 0.0412. The second kappa shape index (κ2) is 4.86. The molecule has 2 aromatic rings. The molecule has 1 saturated heterocycles. The van der Waals surface area contributed by atoms with Crippen LogP contribution in [0.5, 0.6) is 0 Å². The molecule has 2 aromatic heterocycles. The summed E-state index contributed by atoms with van der Waals surface area (Å²) >= 11 is 0. The molecule has 1 aliphatic rings. The minimum atomic E-state index is -1.09. The molecule has 8 heteroatoms. The van der Waals surface area contributed by atoms with Crippen molar-refractivity contribution in [3.8, 4) is 6.07 Å². The van der Waals surface area contributed by atoms with Crippen LogP contribution in [0, 0.1) is 18.3 Å². The summed E-state index contributed by atoms with van der Waals surface area (Å²) in [6.07, 6.45) is 1.42. The second-order valence-electron chi connectivity index (χ2n) is 4.88. The summed E-state index contributed by atoms with van der Waals surface area (Å²) in [5.74, 6) is -0.433. The van der Waals surface area contributed by atoms with Gasteiger partial charge in [-0.15, -0.1) is 5.10 Å². The van der Waals surface area contributed by atoms with Gasteiger partial charge in [-0.05, 0) is 19.1 Å². The van der Waals surface area contributed by atoms with Crippen LogP contribution in [0.3, 0.4) is 0 Å². The van der Waals surface area contributed by atoms with Crippen LogP contribution in [0.2, 0.25) is 0 Å². The number of aryl methyl sites for hydroxylation is 1. The monoisotopic (exact) mass is 284 g/mol. The van der Waals surface area contributed by atoms with Gasteiger partial charge in [0.15, 0.2) is 5.69 Å². The van der Waals surface area contributed by atoms with Crippen LogP contribution < -0.4 is 4.90 Å². The lowest BCUT2D eigenvalue weighted by Crippen LogP contribution is -2.48. The SMILES string of the molecule is Cc1ccc(C#N)c(N2CC(n3cc(C(=O)O)nn3)C2)n1. The van der Waals surface area contributed by atoms with Gasteiger partial charge in [-0.25, -0.2) is 14.5 Å². The number of carboxylic acid groups (broad SMARTS) is 1. The molecule has 0 unspecified atom stereocenters. The fourth-order valence-electron chi connectivity index (χ4n) is 2.22. The van der Waals surface area contributed by atoms with Crippen LogP contribution in [-0.4, -0.2) is 44.1 Å². The van der Waals surface area contributed by atoms with Gasteiger partial charge < -0.3 is 10.0 Å². The first-order valence-corrected chi connectivity index (χ1v) is 6.36. The van der Waals surface area contributed by atoms with E-state index >= 15 is 0 Å². The van der Waals surface area contributed by atoms with Gasteiger partial charge in [0.25, 0.3) is 0 Å². The predicted octanol–water partition coefficient (Wildman–Crippen LogP) is 0.613. The van der Waals surface area contributed by atoms with Crippen molar-refractivity contribution < 1.29 is 9.90 Å². The highest BCUT2D eigenvalue weighted by molar-refractivity contribution is 5.84. The molecule has 21 heavy (non-hydrogen) atoms. The zero-order valence-corrected chi connectivity index (χ0v) is 11.3. The van der Waals surface area contributed by atoms with Crippen LogP contribution in [0.15, 0.2) is 18.3 Å². The summed E-state index contributed by atoms with van der Waals surface area (Å²) in [7, 11) is 0. The Bertz CT molecular complexity index is 741. The maximum Gasteiger partial charge on any atom is 0.358 e. The van der Waals surface area contributed by atoms with Crippen molar-refractivity contribution in [2.24, 2.45) is 0 Å². The third-order valence-corrected chi connectivity index (χ3v) is 3.40. The van der Waals surface area contributed by atoms with Crippen molar-refractivity contribution in [2.75, 3.05) is 18.0 Å². The summed E-state index contributed by atoms with van der Waals surface area (Å²) < 4.78 is 1.54. The molecule has 1 N–H and O–H groups in total. The largest absolute Gasteiger partial charge is 0.476 e. The van der Waals surface area contributed by atoms with E-state index in [0.717, 1.165) is 5.69 Å². The van der Waals surface area contributed by atoms with E-state index in [-0.39, 0.29) is 11.7 Å². The van der Waals surface area contributed by atoms with E-state index < -0.39 is 5.97 Å². The number of hydrogen-bond acceptors (Lipinski definition) is 6. The number of pyridine rings is 1. The van der Waals surface area contributed by atoms with Crippen molar-refractivity contribution in [1.29, 1.82) is 5.26 Å². The van der Waals surface area contributed by atoms with Gasteiger partial charge in [-0.3, -0.25) is 0 Å². The normalized spacial score (nSPS) is 14.6. The highest BCUT2D eigenvalue weighted by atomic mass is 16.4. The number of nitrogens with zero attached hydrogens (tertiary/aromatic N) is 6. The molecule has 0 bridgehead atoms. The van der Waals surface area contributed by atoms with Crippen LogP contribution in [-0.2, 0) is 0 Å². The average molecular weight is 284 g/mol. The number of carboxylic acids is 1. The Hall–Kier alpha value is -2.95. The Labute approximate surface area is 120 Å². The Kier molecular flexibility index (Phi) is 3.02. The van der Waals surface area contributed by atoms with E-state index in [1.165, 1.54) is 6.20 Å². The number of rotatable bonds is 3. The molecule has 0 aliphatic carbocycles. The Morgan fingerprint density at radius 1 is 1.48 bits per heavy atom. The molecule has 8 nitrogen and oxygen atoms in total. The Morgan fingerprint density at radius 2 is 2.24 bits per heavy atom. The molecule has 3 heterocycles. The maximum absolute atomic E-state index is 10.8. The lowest BCUT2D eigenvalue weighted by molar-refractivity contribution is 0.0690. The van der Waals surface area contributed by atoms with Crippen LogP contribution >= 0.6 is 0 Å². The lowest BCUT2D eigenvalue weighted by Gasteiger charge is -2.40. The summed E-state index contributed by atoms with van der Waals surface area (Å²) in [6.45, 7) is 3.11. The highest BCUT2D eigenvalue weighted by Crippen LogP contribution is 2.28. The Balaban J connectivity index is 1.75. The number of aromatic nitrogens is 4. The van der Waals surface area contributed by atoms with E-state index in [9.17, 15) is 4.79 Å². The minimum Gasteiger partial charge on any atom is -0.476 e. The van der Waals surface area contributed by atoms with Gasteiger partial charge in [-0.1, -0.05) is 5.21 Å². The molecule has 1 aliphatic heterocycles. The molecule has 106 valence electrons. The van der Waals surface area contributed by atoms with Gasteiger partial charge in [0.2, 0.25) is 0 Å². The smallest absolute Gasteiger partial charge is 0.358 e. The summed E-state index contributed by atoms with van der Waals surface area (Å²) in [5.41, 5.74) is 1.31. The molecule has 0 amide bonds. The van der Waals surface area contributed by atoms with E-state index in [4.69, 9.17) is 10.4 Å². The Morgan fingerprint density at radius 3 is 2.86 bits per heavy atom. The molecule has 0 aromatic carbocycles. The third kappa shape index (κ3) is 2.29. The van der Waals surface area contributed by atoms with Crippen LogP contribution in [0.1, 0.15) is 27.8 Å². The first-order chi connectivity index (χ1) is 10.1. The van der Waals surface area contributed by atoms with Gasteiger partial charge in [0.1, 0.15) is 11.9 Å². The number of nitriles is 1. The van der Waals surface area contributed by atoms with E-state index in [2.05, 4.69) is 21.4 Å². The van der Waals surface area contributed by atoms with Crippen LogP contribution in [0.25, 0.3) is 0 Å². The van der Waals surface area contributed by atoms with E-state index in [0.29, 0.717) is 24.5 Å². The zero-order chi connectivity index (χ0) is 15.0. The summed E-state index contributed by atoms with van der Waals surface area (Å²) in [4.78, 5) is 17.1. The molecular formula is C13H12N6O2. The van der Waals surface area contributed by atoms with Crippen molar-refractivity contribution in [2.45, 2.75) is 13.0 Å². The molecular weight excluding hydrogens is 272 g/mol. The summed E-state index contributed by atoms with van der Waals surface area (Å²) in [6, 6.07) is 5.72. The first kappa shape index (κ1) is 13.1. The maximum atomic E-state index is 10.8. The number of aromatic carboxylic acids is 1. The lowest BCUT2D eigenvalue weighted by atomic mass is 10.1. The van der Waals surface area contributed by atoms with Gasteiger partial charge in [0.05, 0.1) is 17.8 Å². The fraction of sp³-hybridized carbons (Fsp3) is 0.308. The predicted molar refractivity (Wildman–Crippen MR) is 71.9 cm³/mol. The number of hydrogen-bond donors (Lipinski definition) is 1. The van der Waals surface area contributed by atoms with E-state index in [1.807, 2.05) is 11.8 Å². The van der Waals surface area contributed by atoms with Crippen molar-refractivity contribution in [3.63, 3.8) is 0 Å². The fourth-order valence-corrected chi connectivity index (χ4v) is 2.22. The first-order valence-electron chi connectivity index (χ1n) is 6.36.